The van der Waals surface area contributed by atoms with Crippen molar-refractivity contribution in [3.05, 3.63) is 34.5 Å². The van der Waals surface area contributed by atoms with Crippen LogP contribution in [0.15, 0.2) is 12.3 Å². The van der Waals surface area contributed by atoms with E-state index in [1.54, 1.807) is 13.8 Å². The van der Waals surface area contributed by atoms with Gasteiger partial charge in [-0.3, -0.25) is 0 Å². The van der Waals surface area contributed by atoms with Crippen molar-refractivity contribution >= 4 is 28.6 Å². The van der Waals surface area contributed by atoms with E-state index in [2.05, 4.69) is 25.3 Å². The number of benzene rings is 1. The Hall–Kier alpha value is -2.37. The van der Waals surface area contributed by atoms with Crippen LogP contribution in [0.5, 0.6) is 0 Å². The first-order chi connectivity index (χ1) is 16.0. The Balaban J connectivity index is 1.58. The van der Waals surface area contributed by atoms with Gasteiger partial charge in [0, 0.05) is 12.0 Å². The Bertz CT molecular complexity index is 1240. The molecule has 1 aromatic carbocycles. The molecule has 0 unspecified atom stereocenters. The summed E-state index contributed by atoms with van der Waals surface area (Å²) in [6.45, 7) is 7.45. The summed E-state index contributed by atoms with van der Waals surface area (Å²) in [5.74, 6) is -0.0802. The monoisotopic (exact) mass is 491 g/mol. The minimum Gasteiger partial charge on any atom is -0.388 e. The number of rotatable bonds is 5. The number of fused-ring (bicyclic) bond motifs is 3. The predicted octanol–water partition coefficient (Wildman–Crippen LogP) is 3.45. The molecule has 11 heteroatoms. The Labute approximate surface area is 200 Å². The average molecular weight is 492 g/mol. The van der Waals surface area contributed by atoms with Crippen LogP contribution in [-0.2, 0) is 15.1 Å². The molecule has 34 heavy (non-hydrogen) atoms. The molecule has 2 fully saturated rings. The van der Waals surface area contributed by atoms with E-state index in [1.165, 1.54) is 12.3 Å². The van der Waals surface area contributed by atoms with Gasteiger partial charge in [-0.05, 0) is 31.4 Å². The van der Waals surface area contributed by atoms with Crippen molar-refractivity contribution in [1.82, 2.24) is 19.9 Å². The van der Waals surface area contributed by atoms with E-state index in [0.29, 0.717) is 29.8 Å². The molecule has 2 aliphatic rings. The van der Waals surface area contributed by atoms with Crippen LogP contribution < -0.4 is 5.32 Å². The third-order valence-electron chi connectivity index (χ3n) is 6.24. The van der Waals surface area contributed by atoms with Gasteiger partial charge in [-0.2, -0.15) is 0 Å². The first-order valence-electron chi connectivity index (χ1n) is 11.2. The SMILES string of the molecule is CC(C)c1c(-c2nc(N[C@@H]3C[C@H]4OC[C@H](O4)[C@H]3O)ncc2Cl)cc(F)c2nc(C(C)(C)O)[nH]c12. The highest BCUT2D eigenvalue weighted by Crippen LogP contribution is 2.39. The summed E-state index contributed by atoms with van der Waals surface area (Å²) in [7, 11) is 0. The van der Waals surface area contributed by atoms with E-state index in [-0.39, 0.29) is 40.6 Å². The average Bonchev–Trinajstić information content (AvgIpc) is 3.38. The maximum Gasteiger partial charge on any atom is 0.223 e. The highest BCUT2D eigenvalue weighted by Gasteiger charge is 2.43. The number of hydrogen-bond donors (Lipinski definition) is 4. The van der Waals surface area contributed by atoms with Gasteiger partial charge in [0.2, 0.25) is 5.95 Å². The number of ether oxygens (including phenoxy) is 2. The van der Waals surface area contributed by atoms with Crippen LogP contribution in [0.25, 0.3) is 22.3 Å². The molecular weight excluding hydrogens is 465 g/mol. The Kier molecular flexibility index (Phi) is 5.77. The number of nitrogens with zero attached hydrogens (tertiary/aromatic N) is 3. The van der Waals surface area contributed by atoms with Crippen LogP contribution in [0.4, 0.5) is 10.3 Å². The summed E-state index contributed by atoms with van der Waals surface area (Å²) >= 11 is 6.49. The molecule has 2 saturated heterocycles. The lowest BCUT2D eigenvalue weighted by atomic mass is 9.93. The standard InChI is InChI=1S/C23H27ClFN5O4/c1-9(2)16-10(5-12(25)18-19(16)29-21(28-18)23(3,4)32)17-11(24)7-26-22(30-17)27-13-6-15-33-8-14(34-15)20(13)31/h5,7,9,13-15,20,31-32H,6,8H2,1-4H3,(H,28,29)(H,26,27,30)/t13-,14+,15+,20+/m1/s1. The first kappa shape index (κ1) is 23.4. The summed E-state index contributed by atoms with van der Waals surface area (Å²) in [5.41, 5.74) is 0.982. The topological polar surface area (TPSA) is 125 Å². The highest BCUT2D eigenvalue weighted by molar-refractivity contribution is 6.33. The summed E-state index contributed by atoms with van der Waals surface area (Å²) in [6.07, 6.45) is 0.311. The number of halogens is 2. The summed E-state index contributed by atoms with van der Waals surface area (Å²) in [4.78, 5) is 16.2. The summed E-state index contributed by atoms with van der Waals surface area (Å²) < 4.78 is 26.3. The van der Waals surface area contributed by atoms with Gasteiger partial charge in [0.15, 0.2) is 12.1 Å². The molecule has 0 saturated carbocycles. The van der Waals surface area contributed by atoms with Gasteiger partial charge in [-0.1, -0.05) is 25.4 Å². The second kappa shape index (κ2) is 8.39. The van der Waals surface area contributed by atoms with Crippen molar-refractivity contribution in [2.45, 2.75) is 70.2 Å². The minimum absolute atomic E-state index is 0.0410. The normalized spacial score (nSPS) is 24.9. The van der Waals surface area contributed by atoms with Crippen LogP contribution in [0.2, 0.25) is 5.02 Å². The Morgan fingerprint density at radius 2 is 2.09 bits per heavy atom. The van der Waals surface area contributed by atoms with Crippen LogP contribution in [0, 0.1) is 5.82 Å². The second-order valence-corrected chi connectivity index (χ2v) is 10.1. The third kappa shape index (κ3) is 4.03. The Morgan fingerprint density at radius 1 is 1.32 bits per heavy atom. The molecule has 3 aromatic rings. The zero-order valence-corrected chi connectivity index (χ0v) is 20.0. The molecule has 4 N–H and O–H groups in total. The van der Waals surface area contributed by atoms with Gasteiger partial charge in [0.05, 0.1) is 35.1 Å². The van der Waals surface area contributed by atoms with E-state index in [9.17, 15) is 10.2 Å². The first-order valence-corrected chi connectivity index (χ1v) is 11.6. The third-order valence-corrected chi connectivity index (χ3v) is 6.52. The van der Waals surface area contributed by atoms with Crippen LogP contribution in [-0.4, -0.2) is 61.3 Å². The highest BCUT2D eigenvalue weighted by atomic mass is 35.5. The molecular formula is C23H27ClFN5O4. The smallest absolute Gasteiger partial charge is 0.223 e. The van der Waals surface area contributed by atoms with E-state index >= 15 is 4.39 Å². The number of anilines is 1. The molecule has 9 nitrogen and oxygen atoms in total. The largest absolute Gasteiger partial charge is 0.388 e. The van der Waals surface area contributed by atoms with Gasteiger partial charge in [0.25, 0.3) is 0 Å². The van der Waals surface area contributed by atoms with E-state index in [1.807, 2.05) is 13.8 Å². The number of nitrogens with one attached hydrogen (secondary N) is 2. The number of aromatic amines is 1. The van der Waals surface area contributed by atoms with Gasteiger partial charge >= 0.3 is 0 Å². The molecule has 4 heterocycles. The van der Waals surface area contributed by atoms with Gasteiger partial charge < -0.3 is 30.0 Å². The van der Waals surface area contributed by atoms with Gasteiger partial charge in [-0.25, -0.2) is 19.3 Å². The lowest BCUT2D eigenvalue weighted by Gasteiger charge is -2.32. The fourth-order valence-electron chi connectivity index (χ4n) is 4.55. The van der Waals surface area contributed by atoms with E-state index in [4.69, 9.17) is 21.1 Å². The summed E-state index contributed by atoms with van der Waals surface area (Å²) in [6, 6.07) is 0.994. The van der Waals surface area contributed by atoms with E-state index < -0.39 is 23.6 Å². The molecule has 0 amide bonds. The zero-order valence-electron chi connectivity index (χ0n) is 19.3. The quantitative estimate of drug-likeness (QED) is 0.427. The molecule has 5 rings (SSSR count). The van der Waals surface area contributed by atoms with E-state index in [0.717, 1.165) is 5.56 Å². The van der Waals surface area contributed by atoms with Crippen LogP contribution >= 0.6 is 11.6 Å². The molecule has 2 bridgehead atoms. The van der Waals surface area contributed by atoms with Crippen molar-refractivity contribution in [2.75, 3.05) is 11.9 Å². The van der Waals surface area contributed by atoms with Crippen LogP contribution in [0.3, 0.4) is 0 Å². The fraction of sp³-hybridized carbons (Fsp3) is 0.522. The number of hydrogen-bond acceptors (Lipinski definition) is 8. The number of aliphatic hydroxyl groups is 2. The lowest BCUT2D eigenvalue weighted by molar-refractivity contribution is -0.123. The van der Waals surface area contributed by atoms with Crippen molar-refractivity contribution in [2.24, 2.45) is 0 Å². The molecule has 2 aromatic heterocycles. The molecule has 182 valence electrons. The zero-order chi connectivity index (χ0) is 24.4. The molecule has 2 aliphatic heterocycles. The number of aliphatic hydroxyl groups excluding tert-OH is 1. The second-order valence-electron chi connectivity index (χ2n) is 9.65. The lowest BCUT2D eigenvalue weighted by Crippen LogP contribution is -2.48. The molecule has 0 spiro atoms. The van der Waals surface area contributed by atoms with Gasteiger partial charge in [0.1, 0.15) is 29.2 Å². The fourth-order valence-corrected chi connectivity index (χ4v) is 4.75. The van der Waals surface area contributed by atoms with Crippen molar-refractivity contribution in [3.63, 3.8) is 0 Å². The molecule has 0 aliphatic carbocycles. The van der Waals surface area contributed by atoms with Crippen molar-refractivity contribution < 1.29 is 24.1 Å². The van der Waals surface area contributed by atoms with Crippen LogP contribution in [0.1, 0.15) is 51.4 Å². The molecule has 4 atom stereocenters. The Morgan fingerprint density at radius 3 is 2.79 bits per heavy atom. The number of imidazole rings is 1. The maximum absolute atomic E-state index is 15.2. The van der Waals surface area contributed by atoms with Crippen molar-refractivity contribution in [3.8, 4) is 11.3 Å². The predicted molar refractivity (Wildman–Crippen MR) is 124 cm³/mol. The summed E-state index contributed by atoms with van der Waals surface area (Å²) in [5, 5.41) is 24.4. The molecule has 0 radical (unpaired) electrons. The van der Waals surface area contributed by atoms with Crippen molar-refractivity contribution in [1.29, 1.82) is 0 Å². The number of aromatic nitrogens is 4. The minimum atomic E-state index is -1.27. The number of H-pyrrole nitrogens is 1. The maximum atomic E-state index is 15.2. The van der Waals surface area contributed by atoms with Gasteiger partial charge in [-0.15, -0.1) is 0 Å².